The minimum atomic E-state index is 0.778. The summed E-state index contributed by atoms with van der Waals surface area (Å²) < 4.78 is 5.21. The SMILES string of the molecule is COc1ccc2c(c1)N=C(c1cccs1)CN2. The Labute approximate surface area is 104 Å². The van der Waals surface area contributed by atoms with Gasteiger partial charge in [0.1, 0.15) is 5.75 Å². The van der Waals surface area contributed by atoms with Gasteiger partial charge in [0.25, 0.3) is 0 Å². The van der Waals surface area contributed by atoms with Crippen molar-refractivity contribution in [2.45, 2.75) is 0 Å². The maximum atomic E-state index is 5.21. The molecule has 0 spiro atoms. The molecule has 0 atom stereocenters. The van der Waals surface area contributed by atoms with E-state index in [2.05, 4.69) is 21.8 Å². The predicted molar refractivity (Wildman–Crippen MR) is 72.0 cm³/mol. The van der Waals surface area contributed by atoms with E-state index in [9.17, 15) is 0 Å². The minimum absolute atomic E-state index is 0.778. The van der Waals surface area contributed by atoms with Crippen LogP contribution in [-0.2, 0) is 0 Å². The maximum absolute atomic E-state index is 5.21. The van der Waals surface area contributed by atoms with E-state index in [-0.39, 0.29) is 0 Å². The molecule has 3 rings (SSSR count). The molecule has 2 aromatic rings. The van der Waals surface area contributed by atoms with Gasteiger partial charge in [-0.25, -0.2) is 4.99 Å². The third-order valence-electron chi connectivity index (χ3n) is 2.71. The zero-order valence-corrected chi connectivity index (χ0v) is 10.3. The Hall–Kier alpha value is -1.81. The highest BCUT2D eigenvalue weighted by Gasteiger charge is 2.13. The van der Waals surface area contributed by atoms with Crippen LogP contribution in [0.3, 0.4) is 0 Å². The van der Waals surface area contributed by atoms with E-state index in [1.165, 1.54) is 4.88 Å². The Kier molecular flexibility index (Phi) is 2.57. The van der Waals surface area contributed by atoms with Crippen LogP contribution in [0.1, 0.15) is 4.88 Å². The second kappa shape index (κ2) is 4.22. The van der Waals surface area contributed by atoms with Crippen molar-refractivity contribution in [1.82, 2.24) is 0 Å². The molecule has 1 aliphatic heterocycles. The van der Waals surface area contributed by atoms with Crippen molar-refractivity contribution in [3.05, 3.63) is 40.6 Å². The van der Waals surface area contributed by atoms with E-state index < -0.39 is 0 Å². The normalized spacial score (nSPS) is 13.6. The molecular formula is C13H12N2OS. The first-order valence-corrected chi connectivity index (χ1v) is 6.28. The lowest BCUT2D eigenvalue weighted by molar-refractivity contribution is 0.415. The smallest absolute Gasteiger partial charge is 0.121 e. The van der Waals surface area contributed by atoms with Crippen LogP contribution >= 0.6 is 11.3 Å². The Bertz CT molecular complexity index is 561. The van der Waals surface area contributed by atoms with Gasteiger partial charge < -0.3 is 10.1 Å². The fourth-order valence-corrected chi connectivity index (χ4v) is 2.54. The van der Waals surface area contributed by atoms with E-state index in [1.54, 1.807) is 18.4 Å². The lowest BCUT2D eigenvalue weighted by Gasteiger charge is -2.17. The number of ether oxygens (including phenoxy) is 1. The number of rotatable bonds is 2. The molecule has 1 aromatic carbocycles. The summed E-state index contributed by atoms with van der Waals surface area (Å²) in [7, 11) is 1.67. The molecule has 0 saturated carbocycles. The Morgan fingerprint density at radius 3 is 3.06 bits per heavy atom. The first-order valence-electron chi connectivity index (χ1n) is 5.40. The number of nitrogens with zero attached hydrogens (tertiary/aromatic N) is 1. The zero-order chi connectivity index (χ0) is 11.7. The fourth-order valence-electron chi connectivity index (χ4n) is 1.83. The van der Waals surface area contributed by atoms with Crippen LogP contribution < -0.4 is 10.1 Å². The van der Waals surface area contributed by atoms with Crippen molar-refractivity contribution < 1.29 is 4.74 Å². The number of thiophene rings is 1. The third-order valence-corrected chi connectivity index (χ3v) is 3.63. The van der Waals surface area contributed by atoms with Crippen molar-refractivity contribution >= 4 is 28.4 Å². The maximum Gasteiger partial charge on any atom is 0.121 e. The van der Waals surface area contributed by atoms with E-state index in [1.807, 2.05) is 24.3 Å². The number of benzene rings is 1. The average molecular weight is 244 g/mol. The van der Waals surface area contributed by atoms with E-state index in [0.29, 0.717) is 0 Å². The Morgan fingerprint density at radius 1 is 1.35 bits per heavy atom. The van der Waals surface area contributed by atoms with Gasteiger partial charge in [0.05, 0.1) is 35.6 Å². The molecule has 0 fully saturated rings. The number of methoxy groups -OCH3 is 1. The first kappa shape index (κ1) is 10.4. The molecule has 0 radical (unpaired) electrons. The molecule has 0 saturated heterocycles. The Balaban J connectivity index is 2.03. The van der Waals surface area contributed by atoms with E-state index in [4.69, 9.17) is 4.74 Å². The quantitative estimate of drug-likeness (QED) is 0.879. The highest BCUT2D eigenvalue weighted by atomic mass is 32.1. The van der Waals surface area contributed by atoms with Gasteiger partial charge in [0.15, 0.2) is 0 Å². The summed E-state index contributed by atoms with van der Waals surface area (Å²) in [6, 6.07) is 10.0. The van der Waals surface area contributed by atoms with Gasteiger partial charge >= 0.3 is 0 Å². The van der Waals surface area contributed by atoms with Gasteiger partial charge in [-0.1, -0.05) is 6.07 Å². The van der Waals surface area contributed by atoms with Gasteiger partial charge in [-0.3, -0.25) is 0 Å². The second-order valence-corrected chi connectivity index (χ2v) is 4.72. The summed E-state index contributed by atoms with van der Waals surface area (Å²) >= 11 is 1.71. The molecule has 3 nitrogen and oxygen atoms in total. The molecule has 0 amide bonds. The third kappa shape index (κ3) is 1.91. The standard InChI is InChI=1S/C13H12N2OS/c1-16-9-4-5-10-11(7-9)15-12(8-14-10)13-3-2-6-17-13/h2-7,14H,8H2,1H3. The van der Waals surface area contributed by atoms with Crippen molar-refractivity contribution in [2.75, 3.05) is 19.0 Å². The summed E-state index contributed by atoms with van der Waals surface area (Å²) in [6.45, 7) is 0.778. The average Bonchev–Trinajstić information content (AvgIpc) is 2.91. The van der Waals surface area contributed by atoms with Crippen LogP contribution in [0.5, 0.6) is 5.75 Å². The molecule has 0 bridgehead atoms. The van der Waals surface area contributed by atoms with Gasteiger partial charge in [-0.15, -0.1) is 11.3 Å². The summed E-state index contributed by atoms with van der Waals surface area (Å²) in [6.07, 6.45) is 0. The molecule has 0 unspecified atom stereocenters. The van der Waals surface area contributed by atoms with Crippen molar-refractivity contribution in [3.8, 4) is 5.75 Å². The van der Waals surface area contributed by atoms with Gasteiger partial charge in [-0.05, 0) is 23.6 Å². The molecule has 86 valence electrons. The number of nitrogens with one attached hydrogen (secondary N) is 1. The molecule has 0 aliphatic carbocycles. The van der Waals surface area contributed by atoms with E-state index in [0.717, 1.165) is 29.4 Å². The second-order valence-electron chi connectivity index (χ2n) is 3.77. The molecule has 4 heteroatoms. The zero-order valence-electron chi connectivity index (χ0n) is 9.43. The largest absolute Gasteiger partial charge is 0.497 e. The van der Waals surface area contributed by atoms with Crippen LogP contribution in [0.2, 0.25) is 0 Å². The van der Waals surface area contributed by atoms with Crippen molar-refractivity contribution in [3.63, 3.8) is 0 Å². The van der Waals surface area contributed by atoms with Gasteiger partial charge in [-0.2, -0.15) is 0 Å². The summed E-state index contributed by atoms with van der Waals surface area (Å²) in [5.74, 6) is 0.835. The molecule has 1 aliphatic rings. The molecule has 1 aromatic heterocycles. The fraction of sp³-hybridized carbons (Fsp3) is 0.154. The van der Waals surface area contributed by atoms with Crippen LogP contribution in [0.25, 0.3) is 0 Å². The highest BCUT2D eigenvalue weighted by molar-refractivity contribution is 7.12. The summed E-state index contributed by atoms with van der Waals surface area (Å²) in [5.41, 5.74) is 3.09. The first-order chi connectivity index (χ1) is 8.36. The van der Waals surface area contributed by atoms with Crippen LogP contribution in [-0.4, -0.2) is 19.4 Å². The molecule has 17 heavy (non-hydrogen) atoms. The molecule has 1 N–H and O–H groups in total. The predicted octanol–water partition coefficient (Wildman–Crippen LogP) is 3.30. The number of aliphatic imine (C=N–C) groups is 1. The molecular weight excluding hydrogens is 232 g/mol. The van der Waals surface area contributed by atoms with Crippen LogP contribution in [0, 0.1) is 0 Å². The van der Waals surface area contributed by atoms with Crippen LogP contribution in [0.15, 0.2) is 40.7 Å². The molecule has 2 heterocycles. The van der Waals surface area contributed by atoms with Crippen molar-refractivity contribution in [1.29, 1.82) is 0 Å². The highest BCUT2D eigenvalue weighted by Crippen LogP contribution is 2.33. The summed E-state index contributed by atoms with van der Waals surface area (Å²) in [4.78, 5) is 5.89. The number of hydrogen-bond acceptors (Lipinski definition) is 4. The van der Waals surface area contributed by atoms with Crippen molar-refractivity contribution in [2.24, 2.45) is 4.99 Å². The van der Waals surface area contributed by atoms with Gasteiger partial charge in [0, 0.05) is 6.07 Å². The number of fused-ring (bicyclic) bond motifs is 1. The topological polar surface area (TPSA) is 33.6 Å². The summed E-state index contributed by atoms with van der Waals surface area (Å²) in [5, 5.41) is 5.44. The minimum Gasteiger partial charge on any atom is -0.497 e. The lowest BCUT2D eigenvalue weighted by atomic mass is 10.2. The van der Waals surface area contributed by atoms with E-state index >= 15 is 0 Å². The van der Waals surface area contributed by atoms with Gasteiger partial charge in [0.2, 0.25) is 0 Å². The lowest BCUT2D eigenvalue weighted by Crippen LogP contribution is -2.17. The number of hydrogen-bond donors (Lipinski definition) is 1. The van der Waals surface area contributed by atoms with Crippen LogP contribution in [0.4, 0.5) is 11.4 Å². The monoisotopic (exact) mass is 244 g/mol. The number of anilines is 1. The Morgan fingerprint density at radius 2 is 2.29 bits per heavy atom.